The van der Waals surface area contributed by atoms with Crippen LogP contribution in [0.1, 0.15) is 25.4 Å². The Kier molecular flexibility index (Phi) is 2.58. The quantitative estimate of drug-likeness (QED) is 0.809. The summed E-state index contributed by atoms with van der Waals surface area (Å²) in [5, 5.41) is 0. The third-order valence-corrected chi connectivity index (χ3v) is 3.33. The number of nitrogens with two attached hydrogens (primary N) is 1. The van der Waals surface area contributed by atoms with Crippen molar-refractivity contribution in [3.63, 3.8) is 0 Å². The van der Waals surface area contributed by atoms with Gasteiger partial charge in [-0.05, 0) is 19.3 Å². The van der Waals surface area contributed by atoms with Crippen LogP contribution in [-0.4, -0.2) is 37.0 Å². The molecule has 18 heavy (non-hydrogen) atoms. The maximum Gasteiger partial charge on any atom is 0.316 e. The smallest absolute Gasteiger partial charge is 0.316 e. The molecule has 1 saturated heterocycles. The molecule has 0 aliphatic carbocycles. The van der Waals surface area contributed by atoms with Crippen LogP contribution in [0.15, 0.2) is 18.9 Å². The Labute approximate surface area is 104 Å². The summed E-state index contributed by atoms with van der Waals surface area (Å²) >= 11 is 0. The second-order valence-corrected chi connectivity index (χ2v) is 4.39. The number of urea groups is 1. The number of carbonyl (C=O) groups excluding carboxylic acids is 1. The Balaban J connectivity index is 2.04. The lowest BCUT2D eigenvalue weighted by Gasteiger charge is -2.35. The van der Waals surface area contributed by atoms with Crippen LogP contribution in [0.3, 0.4) is 0 Å². The van der Waals surface area contributed by atoms with Crippen LogP contribution in [0.25, 0.3) is 11.2 Å². The summed E-state index contributed by atoms with van der Waals surface area (Å²) in [5.41, 5.74) is 6.90. The standard InChI is InChI=1S/C11H14N6O/c12-11(18)16-4-2-1-3-9(16)17-7-15-10-8(17)5-13-6-14-10/h5-7,9H,1-4H2,(H2,12,18). The Morgan fingerprint density at radius 3 is 3.11 bits per heavy atom. The predicted molar refractivity (Wildman–Crippen MR) is 64.5 cm³/mol. The van der Waals surface area contributed by atoms with Crippen LogP contribution in [0.4, 0.5) is 4.79 Å². The van der Waals surface area contributed by atoms with Gasteiger partial charge in [-0.1, -0.05) is 0 Å². The largest absolute Gasteiger partial charge is 0.351 e. The molecule has 1 unspecified atom stereocenters. The predicted octanol–water partition coefficient (Wildman–Crippen LogP) is 0.889. The van der Waals surface area contributed by atoms with Gasteiger partial charge in [0.25, 0.3) is 0 Å². The minimum absolute atomic E-state index is 0.0766. The summed E-state index contributed by atoms with van der Waals surface area (Å²) in [4.78, 5) is 25.5. The number of amides is 2. The number of primary amides is 1. The first-order valence-electron chi connectivity index (χ1n) is 5.96. The summed E-state index contributed by atoms with van der Waals surface area (Å²) in [6.45, 7) is 0.688. The normalized spacial score (nSPS) is 20.2. The summed E-state index contributed by atoms with van der Waals surface area (Å²) in [7, 11) is 0. The monoisotopic (exact) mass is 246 g/mol. The highest BCUT2D eigenvalue weighted by Crippen LogP contribution is 2.28. The van der Waals surface area contributed by atoms with Crippen molar-refractivity contribution in [3.8, 4) is 0 Å². The molecule has 1 atom stereocenters. The molecular weight excluding hydrogens is 232 g/mol. The number of rotatable bonds is 1. The average Bonchev–Trinajstić information content (AvgIpc) is 2.82. The molecule has 3 rings (SSSR count). The number of hydrogen-bond donors (Lipinski definition) is 1. The fraction of sp³-hybridized carbons (Fsp3) is 0.455. The van der Waals surface area contributed by atoms with Gasteiger partial charge in [-0.15, -0.1) is 0 Å². The van der Waals surface area contributed by atoms with Gasteiger partial charge in [0, 0.05) is 6.54 Å². The molecule has 7 nitrogen and oxygen atoms in total. The molecule has 0 bridgehead atoms. The first-order valence-corrected chi connectivity index (χ1v) is 5.96. The Bertz CT molecular complexity index is 580. The van der Waals surface area contributed by atoms with E-state index in [2.05, 4.69) is 15.0 Å². The van der Waals surface area contributed by atoms with Gasteiger partial charge in [0.05, 0.1) is 12.5 Å². The SMILES string of the molecule is NC(=O)N1CCCCC1n1cnc2ncncc21. The van der Waals surface area contributed by atoms with Gasteiger partial charge in [-0.2, -0.15) is 0 Å². The van der Waals surface area contributed by atoms with Gasteiger partial charge in [0.2, 0.25) is 0 Å². The summed E-state index contributed by atoms with van der Waals surface area (Å²) in [6, 6.07) is -0.390. The summed E-state index contributed by atoms with van der Waals surface area (Å²) in [5.74, 6) is 0. The molecule has 3 heterocycles. The third kappa shape index (κ3) is 1.68. The molecule has 0 spiro atoms. The van der Waals surface area contributed by atoms with Crippen molar-refractivity contribution in [2.75, 3.05) is 6.54 Å². The van der Waals surface area contributed by atoms with E-state index in [4.69, 9.17) is 5.73 Å². The number of hydrogen-bond acceptors (Lipinski definition) is 4. The Hall–Kier alpha value is -2.18. The van der Waals surface area contributed by atoms with E-state index in [1.807, 2.05) is 4.57 Å². The van der Waals surface area contributed by atoms with E-state index in [0.717, 1.165) is 24.8 Å². The average molecular weight is 246 g/mol. The van der Waals surface area contributed by atoms with Gasteiger partial charge in [-0.25, -0.2) is 19.7 Å². The highest BCUT2D eigenvalue weighted by Gasteiger charge is 2.27. The maximum atomic E-state index is 11.5. The highest BCUT2D eigenvalue weighted by atomic mass is 16.2. The first-order chi connectivity index (χ1) is 8.77. The molecule has 1 aliphatic heterocycles. The molecule has 2 aromatic rings. The molecule has 7 heteroatoms. The number of imidazole rings is 1. The fourth-order valence-corrected chi connectivity index (χ4v) is 2.47. The first kappa shape index (κ1) is 10.9. The number of aromatic nitrogens is 4. The highest BCUT2D eigenvalue weighted by molar-refractivity contribution is 5.73. The van der Waals surface area contributed by atoms with Crippen LogP contribution in [0.2, 0.25) is 0 Å². The maximum absolute atomic E-state index is 11.5. The Morgan fingerprint density at radius 2 is 2.28 bits per heavy atom. The molecular formula is C11H14N6O. The molecule has 1 aliphatic rings. The number of piperidine rings is 1. The van der Waals surface area contributed by atoms with Crippen LogP contribution >= 0.6 is 0 Å². The van der Waals surface area contributed by atoms with Crippen molar-refractivity contribution in [2.24, 2.45) is 5.73 Å². The van der Waals surface area contributed by atoms with Crippen molar-refractivity contribution < 1.29 is 4.79 Å². The van der Waals surface area contributed by atoms with Gasteiger partial charge in [0.1, 0.15) is 18.0 Å². The van der Waals surface area contributed by atoms with Crippen molar-refractivity contribution in [1.29, 1.82) is 0 Å². The number of nitrogens with zero attached hydrogens (tertiary/aromatic N) is 5. The Morgan fingerprint density at radius 1 is 1.39 bits per heavy atom. The lowest BCUT2D eigenvalue weighted by molar-refractivity contribution is 0.125. The van der Waals surface area contributed by atoms with Crippen LogP contribution in [0.5, 0.6) is 0 Å². The third-order valence-electron chi connectivity index (χ3n) is 3.33. The number of likely N-dealkylation sites (tertiary alicyclic amines) is 1. The minimum Gasteiger partial charge on any atom is -0.351 e. The van der Waals surface area contributed by atoms with E-state index in [1.54, 1.807) is 17.4 Å². The van der Waals surface area contributed by atoms with E-state index in [0.29, 0.717) is 12.2 Å². The van der Waals surface area contributed by atoms with Crippen LogP contribution in [-0.2, 0) is 0 Å². The van der Waals surface area contributed by atoms with Crippen molar-refractivity contribution in [1.82, 2.24) is 24.4 Å². The zero-order valence-corrected chi connectivity index (χ0v) is 9.86. The molecule has 0 radical (unpaired) electrons. The van der Waals surface area contributed by atoms with E-state index in [-0.39, 0.29) is 6.17 Å². The minimum atomic E-state index is -0.390. The molecule has 0 saturated carbocycles. The van der Waals surface area contributed by atoms with Gasteiger partial charge < -0.3 is 15.2 Å². The molecule has 0 aromatic carbocycles. The lowest BCUT2D eigenvalue weighted by atomic mass is 10.1. The van der Waals surface area contributed by atoms with E-state index in [1.165, 1.54) is 6.33 Å². The van der Waals surface area contributed by atoms with Gasteiger partial charge in [-0.3, -0.25) is 0 Å². The molecule has 2 amide bonds. The molecule has 2 aromatic heterocycles. The van der Waals surface area contributed by atoms with E-state index >= 15 is 0 Å². The second-order valence-electron chi connectivity index (χ2n) is 4.39. The number of fused-ring (bicyclic) bond motifs is 1. The fourth-order valence-electron chi connectivity index (χ4n) is 2.47. The zero-order valence-electron chi connectivity index (χ0n) is 9.86. The van der Waals surface area contributed by atoms with Gasteiger partial charge in [0.15, 0.2) is 5.65 Å². The molecule has 1 fully saturated rings. The van der Waals surface area contributed by atoms with E-state index < -0.39 is 6.03 Å². The van der Waals surface area contributed by atoms with E-state index in [9.17, 15) is 4.79 Å². The lowest BCUT2D eigenvalue weighted by Crippen LogP contribution is -2.43. The van der Waals surface area contributed by atoms with Crippen molar-refractivity contribution >= 4 is 17.2 Å². The molecule has 2 N–H and O–H groups in total. The summed E-state index contributed by atoms with van der Waals surface area (Å²) in [6.07, 6.45) is 7.74. The van der Waals surface area contributed by atoms with Crippen molar-refractivity contribution in [3.05, 3.63) is 18.9 Å². The molecule has 94 valence electrons. The number of carbonyl (C=O) groups is 1. The van der Waals surface area contributed by atoms with Crippen LogP contribution in [0, 0.1) is 0 Å². The summed E-state index contributed by atoms with van der Waals surface area (Å²) < 4.78 is 1.93. The van der Waals surface area contributed by atoms with Gasteiger partial charge >= 0.3 is 6.03 Å². The topological polar surface area (TPSA) is 89.9 Å². The second kappa shape index (κ2) is 4.25. The zero-order chi connectivity index (χ0) is 12.5. The van der Waals surface area contributed by atoms with Crippen LogP contribution < -0.4 is 5.73 Å². The van der Waals surface area contributed by atoms with Crippen molar-refractivity contribution in [2.45, 2.75) is 25.4 Å².